The van der Waals surface area contributed by atoms with E-state index in [1.54, 1.807) is 11.0 Å². The summed E-state index contributed by atoms with van der Waals surface area (Å²) in [5.74, 6) is 0.0206. The van der Waals surface area contributed by atoms with E-state index in [-0.39, 0.29) is 11.7 Å². The molecule has 114 valence electrons. The summed E-state index contributed by atoms with van der Waals surface area (Å²) in [5, 5.41) is 3.18. The minimum Gasteiger partial charge on any atom is -0.368 e. The Morgan fingerprint density at radius 1 is 1.18 bits per heavy atom. The first-order valence-electron chi connectivity index (χ1n) is 7.48. The van der Waals surface area contributed by atoms with Crippen LogP contribution in [0.1, 0.15) is 25.5 Å². The summed E-state index contributed by atoms with van der Waals surface area (Å²) in [7, 11) is 0. The molecule has 4 heteroatoms. The lowest BCUT2D eigenvalue weighted by molar-refractivity contribution is -0.119. The maximum Gasteiger partial charge on any atom is 0.254 e. The van der Waals surface area contributed by atoms with E-state index in [0.717, 1.165) is 11.3 Å². The van der Waals surface area contributed by atoms with E-state index >= 15 is 0 Å². The van der Waals surface area contributed by atoms with E-state index in [1.807, 2.05) is 30.3 Å². The topological polar surface area (TPSA) is 32.3 Å². The van der Waals surface area contributed by atoms with Crippen molar-refractivity contribution in [1.29, 1.82) is 0 Å². The third-order valence-electron chi connectivity index (χ3n) is 3.74. The van der Waals surface area contributed by atoms with Crippen molar-refractivity contribution in [3.63, 3.8) is 0 Å². The van der Waals surface area contributed by atoms with Gasteiger partial charge in [0, 0.05) is 6.54 Å². The third-order valence-corrected chi connectivity index (χ3v) is 3.74. The van der Waals surface area contributed by atoms with Crippen molar-refractivity contribution in [2.45, 2.75) is 19.9 Å². The Hall–Kier alpha value is -2.36. The number of nitrogens with one attached hydrogen (secondary N) is 1. The van der Waals surface area contributed by atoms with Gasteiger partial charge in [-0.3, -0.25) is 4.79 Å². The molecule has 3 nitrogen and oxygen atoms in total. The van der Waals surface area contributed by atoms with Crippen molar-refractivity contribution in [3.8, 4) is 0 Å². The zero-order chi connectivity index (χ0) is 15.7. The number of hydrogen-bond acceptors (Lipinski definition) is 2. The second-order valence-corrected chi connectivity index (χ2v) is 5.99. The maximum absolute atomic E-state index is 13.6. The Kier molecular flexibility index (Phi) is 3.84. The summed E-state index contributed by atoms with van der Waals surface area (Å²) in [6.45, 7) is 4.74. The summed E-state index contributed by atoms with van der Waals surface area (Å²) in [4.78, 5) is 14.6. The van der Waals surface area contributed by atoms with Gasteiger partial charge in [0.05, 0.1) is 11.4 Å². The van der Waals surface area contributed by atoms with Gasteiger partial charge in [-0.05, 0) is 29.7 Å². The highest BCUT2D eigenvalue weighted by molar-refractivity contribution is 6.05. The molecule has 0 aromatic heterocycles. The molecule has 0 saturated carbocycles. The predicted octanol–water partition coefficient (Wildman–Crippen LogP) is 3.98. The number of amides is 1. The summed E-state index contributed by atoms with van der Waals surface area (Å²) in [6, 6.07) is 13.6. The fourth-order valence-electron chi connectivity index (χ4n) is 2.78. The van der Waals surface area contributed by atoms with Crippen LogP contribution in [0.15, 0.2) is 48.5 Å². The molecule has 0 spiro atoms. The lowest BCUT2D eigenvalue weighted by Gasteiger charge is -2.36. The third kappa shape index (κ3) is 2.69. The van der Waals surface area contributed by atoms with Gasteiger partial charge >= 0.3 is 0 Å². The van der Waals surface area contributed by atoms with Crippen molar-refractivity contribution in [3.05, 3.63) is 59.9 Å². The SMILES string of the molecule is CC(C)CN1C(=O)C(c2ccccc2)Nc2cc(F)ccc21. The van der Waals surface area contributed by atoms with Crippen LogP contribution in [0.5, 0.6) is 0 Å². The fraction of sp³-hybridized carbons (Fsp3) is 0.278. The van der Waals surface area contributed by atoms with E-state index in [1.165, 1.54) is 12.1 Å². The molecule has 2 aromatic rings. The van der Waals surface area contributed by atoms with E-state index in [0.29, 0.717) is 18.2 Å². The average molecular weight is 298 g/mol. The summed E-state index contributed by atoms with van der Waals surface area (Å²) < 4.78 is 13.6. The van der Waals surface area contributed by atoms with Crippen LogP contribution in [0, 0.1) is 11.7 Å². The lowest BCUT2D eigenvalue weighted by atomic mass is 10.0. The molecule has 0 fully saturated rings. The molecule has 1 amide bonds. The maximum atomic E-state index is 13.6. The highest BCUT2D eigenvalue weighted by atomic mass is 19.1. The highest BCUT2D eigenvalue weighted by Gasteiger charge is 2.33. The Labute approximate surface area is 129 Å². The number of rotatable bonds is 3. The lowest BCUT2D eigenvalue weighted by Crippen LogP contribution is -2.44. The summed E-state index contributed by atoms with van der Waals surface area (Å²) in [6.07, 6.45) is 0. The molecule has 22 heavy (non-hydrogen) atoms. The van der Waals surface area contributed by atoms with Crippen molar-refractivity contribution < 1.29 is 9.18 Å². The zero-order valence-electron chi connectivity index (χ0n) is 12.7. The first-order valence-corrected chi connectivity index (χ1v) is 7.48. The largest absolute Gasteiger partial charge is 0.368 e. The minimum absolute atomic E-state index is 0.000918. The fourth-order valence-corrected chi connectivity index (χ4v) is 2.78. The molecule has 0 bridgehead atoms. The summed E-state index contributed by atoms with van der Waals surface area (Å²) >= 11 is 0. The van der Waals surface area contributed by atoms with Crippen molar-refractivity contribution >= 4 is 17.3 Å². The van der Waals surface area contributed by atoms with E-state index in [4.69, 9.17) is 0 Å². The van der Waals surface area contributed by atoms with Crippen LogP contribution >= 0.6 is 0 Å². The number of nitrogens with zero attached hydrogens (tertiary/aromatic N) is 1. The van der Waals surface area contributed by atoms with Crippen molar-refractivity contribution in [2.75, 3.05) is 16.8 Å². The number of benzene rings is 2. The Balaban J connectivity index is 2.05. The first-order chi connectivity index (χ1) is 10.6. The van der Waals surface area contributed by atoms with E-state index in [2.05, 4.69) is 19.2 Å². The standard InChI is InChI=1S/C18H19FN2O/c1-12(2)11-21-16-9-8-14(19)10-15(16)20-17(18(21)22)13-6-4-3-5-7-13/h3-10,12,17,20H,11H2,1-2H3. The molecule has 1 aliphatic heterocycles. The molecule has 1 heterocycles. The molecule has 0 saturated heterocycles. The van der Waals surface area contributed by atoms with Crippen LogP contribution in [0.3, 0.4) is 0 Å². The van der Waals surface area contributed by atoms with E-state index in [9.17, 15) is 9.18 Å². The predicted molar refractivity (Wildman–Crippen MR) is 86.4 cm³/mol. The number of carbonyl (C=O) groups is 1. The normalized spacial score (nSPS) is 17.4. The van der Waals surface area contributed by atoms with Gasteiger partial charge in [0.1, 0.15) is 11.9 Å². The van der Waals surface area contributed by atoms with Gasteiger partial charge in [0.25, 0.3) is 5.91 Å². The average Bonchev–Trinajstić information content (AvgIpc) is 2.50. The van der Waals surface area contributed by atoms with Crippen LogP contribution in [-0.4, -0.2) is 12.5 Å². The molecular weight excluding hydrogens is 279 g/mol. The molecule has 0 aliphatic carbocycles. The first kappa shape index (κ1) is 14.6. The highest BCUT2D eigenvalue weighted by Crippen LogP contribution is 2.37. The smallest absolute Gasteiger partial charge is 0.254 e. The number of hydrogen-bond donors (Lipinski definition) is 1. The zero-order valence-corrected chi connectivity index (χ0v) is 12.7. The molecule has 1 aliphatic rings. The van der Waals surface area contributed by atoms with Crippen LogP contribution in [-0.2, 0) is 4.79 Å². The summed E-state index contributed by atoms with van der Waals surface area (Å²) in [5.41, 5.74) is 2.29. The van der Waals surface area contributed by atoms with Gasteiger partial charge in [-0.1, -0.05) is 44.2 Å². The van der Waals surface area contributed by atoms with Gasteiger partial charge in [-0.25, -0.2) is 4.39 Å². The number of fused-ring (bicyclic) bond motifs is 1. The quantitative estimate of drug-likeness (QED) is 0.929. The molecule has 1 unspecified atom stereocenters. The van der Waals surface area contributed by atoms with E-state index < -0.39 is 6.04 Å². The molecule has 1 N–H and O–H groups in total. The van der Waals surface area contributed by atoms with Crippen LogP contribution in [0.25, 0.3) is 0 Å². The second kappa shape index (κ2) is 5.79. The molecular formula is C18H19FN2O. The Morgan fingerprint density at radius 2 is 1.91 bits per heavy atom. The van der Waals surface area contributed by atoms with Crippen LogP contribution in [0.2, 0.25) is 0 Å². The van der Waals surface area contributed by atoms with Crippen molar-refractivity contribution in [2.24, 2.45) is 5.92 Å². The van der Waals surface area contributed by atoms with Gasteiger partial charge in [-0.15, -0.1) is 0 Å². The molecule has 1 atom stereocenters. The van der Waals surface area contributed by atoms with Crippen molar-refractivity contribution in [1.82, 2.24) is 0 Å². The second-order valence-electron chi connectivity index (χ2n) is 5.99. The number of anilines is 2. The van der Waals surface area contributed by atoms with Gasteiger partial charge < -0.3 is 10.2 Å². The molecule has 0 radical (unpaired) electrons. The van der Waals surface area contributed by atoms with Gasteiger partial charge in [0.2, 0.25) is 0 Å². The van der Waals surface area contributed by atoms with Gasteiger partial charge in [-0.2, -0.15) is 0 Å². The number of carbonyl (C=O) groups excluding carboxylic acids is 1. The monoisotopic (exact) mass is 298 g/mol. The van der Waals surface area contributed by atoms with Crippen LogP contribution < -0.4 is 10.2 Å². The molecule has 3 rings (SSSR count). The minimum atomic E-state index is -0.478. The number of halogens is 1. The van der Waals surface area contributed by atoms with Crippen LogP contribution in [0.4, 0.5) is 15.8 Å². The molecule has 2 aromatic carbocycles. The Morgan fingerprint density at radius 3 is 2.59 bits per heavy atom. The van der Waals surface area contributed by atoms with Gasteiger partial charge in [0.15, 0.2) is 0 Å². The Bertz CT molecular complexity index is 685.